The lowest BCUT2D eigenvalue weighted by atomic mass is 10.0. The van der Waals surface area contributed by atoms with Crippen molar-refractivity contribution in [2.24, 2.45) is 5.73 Å². The van der Waals surface area contributed by atoms with E-state index in [1.165, 1.54) is 19.1 Å². The number of aliphatic carboxylic acids is 1. The van der Waals surface area contributed by atoms with Crippen molar-refractivity contribution in [2.45, 2.75) is 44.0 Å². The molecule has 0 heterocycles. The minimum Gasteiger partial charge on any atom is -0.508 e. The predicted octanol–water partition coefficient (Wildman–Crippen LogP) is -0.0603. The monoisotopic (exact) mass is 429 g/mol. The molecule has 0 aliphatic rings. The summed E-state index contributed by atoms with van der Waals surface area (Å²) in [7, 11) is 0. The number of nitrogens with two attached hydrogens (primary N) is 1. The van der Waals surface area contributed by atoms with E-state index in [0.29, 0.717) is 5.56 Å². The largest absolute Gasteiger partial charge is 0.508 e. The van der Waals surface area contributed by atoms with Gasteiger partial charge in [0.05, 0.1) is 6.10 Å². The summed E-state index contributed by atoms with van der Waals surface area (Å²) >= 11 is 0. The van der Waals surface area contributed by atoms with E-state index in [0.717, 1.165) is 5.56 Å². The summed E-state index contributed by atoms with van der Waals surface area (Å²) < 4.78 is 0. The first-order chi connectivity index (χ1) is 14.7. The van der Waals surface area contributed by atoms with Gasteiger partial charge in [-0.15, -0.1) is 0 Å². The molecule has 2 amide bonds. The lowest BCUT2D eigenvalue weighted by Crippen LogP contribution is -2.57. The number of phenolic OH excluding ortho intramolecular Hbond substituents is 1. The van der Waals surface area contributed by atoms with Crippen LogP contribution in [0.1, 0.15) is 18.1 Å². The number of nitrogens with one attached hydrogen (secondary N) is 2. The average molecular weight is 429 g/mol. The lowest BCUT2D eigenvalue weighted by Gasteiger charge is -2.24. The fourth-order valence-corrected chi connectivity index (χ4v) is 2.89. The van der Waals surface area contributed by atoms with Crippen LogP contribution in [0.25, 0.3) is 0 Å². The molecule has 9 heteroatoms. The number of hydrogen-bond donors (Lipinski definition) is 6. The zero-order valence-electron chi connectivity index (χ0n) is 17.1. The number of hydrogen-bond acceptors (Lipinski definition) is 6. The van der Waals surface area contributed by atoms with Crippen molar-refractivity contribution in [1.29, 1.82) is 0 Å². The van der Waals surface area contributed by atoms with Gasteiger partial charge in [-0.2, -0.15) is 0 Å². The van der Waals surface area contributed by atoms with Gasteiger partial charge in [0.15, 0.2) is 0 Å². The molecule has 166 valence electrons. The van der Waals surface area contributed by atoms with Gasteiger partial charge < -0.3 is 31.7 Å². The molecular formula is C22H27N3O6. The van der Waals surface area contributed by atoms with Crippen molar-refractivity contribution < 1.29 is 29.7 Å². The predicted molar refractivity (Wildman–Crippen MR) is 113 cm³/mol. The molecule has 0 aliphatic heterocycles. The molecule has 0 saturated heterocycles. The highest BCUT2D eigenvalue weighted by Gasteiger charge is 2.29. The van der Waals surface area contributed by atoms with Crippen LogP contribution in [0.2, 0.25) is 0 Å². The lowest BCUT2D eigenvalue weighted by molar-refractivity contribution is -0.142. The molecule has 0 unspecified atom stereocenters. The molecule has 0 bridgehead atoms. The van der Waals surface area contributed by atoms with Crippen LogP contribution >= 0.6 is 0 Å². The Morgan fingerprint density at radius 2 is 1.39 bits per heavy atom. The van der Waals surface area contributed by atoms with Gasteiger partial charge >= 0.3 is 5.97 Å². The van der Waals surface area contributed by atoms with Gasteiger partial charge in [0, 0.05) is 12.8 Å². The number of carbonyl (C=O) groups excluding carboxylic acids is 2. The van der Waals surface area contributed by atoms with Gasteiger partial charge in [-0.3, -0.25) is 9.59 Å². The SMILES string of the molecule is C[C@@H](O)[C@H](N)C(=O)N[C@@H](Cc1ccccc1)C(=O)N[C@@H](Cc1ccc(O)cc1)C(=O)O. The first-order valence-electron chi connectivity index (χ1n) is 9.76. The molecular weight excluding hydrogens is 402 g/mol. The summed E-state index contributed by atoms with van der Waals surface area (Å²) in [6, 6.07) is 11.3. The van der Waals surface area contributed by atoms with E-state index in [1.807, 2.05) is 0 Å². The number of benzene rings is 2. The third-order valence-corrected chi connectivity index (χ3v) is 4.73. The van der Waals surface area contributed by atoms with Crippen LogP contribution in [-0.2, 0) is 27.2 Å². The van der Waals surface area contributed by atoms with Crippen LogP contribution in [0.3, 0.4) is 0 Å². The minimum atomic E-state index is -1.25. The molecule has 4 atom stereocenters. The molecule has 9 nitrogen and oxygen atoms in total. The highest BCUT2D eigenvalue weighted by atomic mass is 16.4. The van der Waals surface area contributed by atoms with Gasteiger partial charge in [-0.25, -0.2) is 4.79 Å². The zero-order chi connectivity index (χ0) is 23.0. The van der Waals surface area contributed by atoms with Gasteiger partial charge in [0.1, 0.15) is 23.9 Å². The second kappa shape index (κ2) is 11.1. The number of amides is 2. The summed E-state index contributed by atoms with van der Waals surface area (Å²) in [5, 5.41) is 33.4. The minimum absolute atomic E-state index is 0.0133. The second-order valence-corrected chi connectivity index (χ2v) is 7.29. The average Bonchev–Trinajstić information content (AvgIpc) is 2.74. The number of aromatic hydroxyl groups is 1. The number of rotatable bonds is 10. The molecule has 2 rings (SSSR count). The first kappa shape index (κ1) is 23.8. The van der Waals surface area contributed by atoms with E-state index in [4.69, 9.17) is 5.73 Å². The number of aliphatic hydroxyl groups is 1. The molecule has 7 N–H and O–H groups in total. The van der Waals surface area contributed by atoms with E-state index in [1.54, 1.807) is 42.5 Å². The first-order valence-corrected chi connectivity index (χ1v) is 9.76. The van der Waals surface area contributed by atoms with Crippen molar-refractivity contribution in [3.63, 3.8) is 0 Å². The van der Waals surface area contributed by atoms with Crippen LogP contribution in [-0.4, -0.2) is 57.3 Å². The quantitative estimate of drug-likeness (QED) is 0.308. The Balaban J connectivity index is 2.17. The van der Waals surface area contributed by atoms with Gasteiger partial charge in [-0.05, 0) is 30.2 Å². The van der Waals surface area contributed by atoms with E-state index in [-0.39, 0.29) is 18.6 Å². The van der Waals surface area contributed by atoms with E-state index in [9.17, 15) is 29.7 Å². The Morgan fingerprint density at radius 3 is 1.94 bits per heavy atom. The molecule has 0 spiro atoms. The van der Waals surface area contributed by atoms with E-state index < -0.39 is 42.0 Å². The fourth-order valence-electron chi connectivity index (χ4n) is 2.89. The van der Waals surface area contributed by atoms with Crippen LogP contribution < -0.4 is 16.4 Å². The number of carboxylic acid groups (broad SMARTS) is 1. The van der Waals surface area contributed by atoms with Crippen LogP contribution in [0.4, 0.5) is 0 Å². The molecule has 0 aliphatic carbocycles. The third kappa shape index (κ3) is 7.40. The molecule has 0 aromatic heterocycles. The van der Waals surface area contributed by atoms with Crippen molar-refractivity contribution in [2.75, 3.05) is 0 Å². The maximum atomic E-state index is 12.9. The maximum Gasteiger partial charge on any atom is 0.326 e. The van der Waals surface area contributed by atoms with E-state index in [2.05, 4.69) is 10.6 Å². The Kier molecular flexibility index (Phi) is 8.53. The number of phenols is 1. The number of aliphatic hydroxyl groups excluding tert-OH is 1. The fraction of sp³-hybridized carbons (Fsp3) is 0.318. The Labute approximate surface area is 179 Å². The summed E-state index contributed by atoms with van der Waals surface area (Å²) in [5.74, 6) is -2.62. The standard InChI is InChI=1S/C22H27N3O6/c1-13(26)19(23)21(29)24-17(11-14-5-3-2-4-6-14)20(28)25-18(22(30)31)12-15-7-9-16(27)10-8-15/h2-10,13,17-19,26-27H,11-12,23H2,1H3,(H,24,29)(H,25,28)(H,30,31)/t13-,17+,18+,19+/m1/s1. The molecule has 0 saturated carbocycles. The van der Waals surface area contributed by atoms with E-state index >= 15 is 0 Å². The van der Waals surface area contributed by atoms with Crippen molar-refractivity contribution >= 4 is 17.8 Å². The summed E-state index contributed by atoms with van der Waals surface area (Å²) in [6.45, 7) is 1.36. The Hall–Kier alpha value is -3.43. The Morgan fingerprint density at radius 1 is 0.871 bits per heavy atom. The zero-order valence-corrected chi connectivity index (χ0v) is 17.1. The maximum absolute atomic E-state index is 12.9. The molecule has 31 heavy (non-hydrogen) atoms. The molecule has 0 fully saturated rings. The number of carbonyl (C=O) groups is 3. The molecule has 2 aromatic rings. The topological polar surface area (TPSA) is 162 Å². The molecule has 0 radical (unpaired) electrons. The Bertz CT molecular complexity index is 886. The summed E-state index contributed by atoms with van der Waals surface area (Å²) in [4.78, 5) is 36.9. The van der Waals surface area contributed by atoms with Crippen LogP contribution in [0.5, 0.6) is 5.75 Å². The highest BCUT2D eigenvalue weighted by Crippen LogP contribution is 2.12. The van der Waals surface area contributed by atoms with Crippen LogP contribution in [0, 0.1) is 0 Å². The van der Waals surface area contributed by atoms with Crippen molar-refractivity contribution in [3.8, 4) is 5.75 Å². The number of carboxylic acids is 1. The van der Waals surface area contributed by atoms with Gasteiger partial charge in [0.25, 0.3) is 0 Å². The normalized spacial score (nSPS) is 14.7. The third-order valence-electron chi connectivity index (χ3n) is 4.73. The van der Waals surface area contributed by atoms with Crippen LogP contribution in [0.15, 0.2) is 54.6 Å². The smallest absolute Gasteiger partial charge is 0.326 e. The van der Waals surface area contributed by atoms with Crippen molar-refractivity contribution in [1.82, 2.24) is 10.6 Å². The van der Waals surface area contributed by atoms with Gasteiger partial charge in [-0.1, -0.05) is 42.5 Å². The second-order valence-electron chi connectivity index (χ2n) is 7.29. The summed E-state index contributed by atoms with van der Waals surface area (Å²) in [5.41, 5.74) is 7.01. The molecule has 2 aromatic carbocycles. The summed E-state index contributed by atoms with van der Waals surface area (Å²) in [6.07, 6.45) is -1.03. The highest BCUT2D eigenvalue weighted by molar-refractivity contribution is 5.92. The van der Waals surface area contributed by atoms with Gasteiger partial charge in [0.2, 0.25) is 11.8 Å². The van der Waals surface area contributed by atoms with Crippen molar-refractivity contribution in [3.05, 3.63) is 65.7 Å².